The third kappa shape index (κ3) is 3.15. The molecule has 4 aliphatic carbocycles. The highest BCUT2D eigenvalue weighted by molar-refractivity contribution is 5.66. The zero-order valence-electron chi connectivity index (χ0n) is 17.6. The summed E-state index contributed by atoms with van der Waals surface area (Å²) in [4.78, 5) is 11.0. The predicted octanol–water partition coefficient (Wildman–Crippen LogP) is 6.48. The van der Waals surface area contributed by atoms with Crippen molar-refractivity contribution in [2.45, 2.75) is 97.6 Å². The number of rotatable bonds is 4. The molecule has 2 nitrogen and oxygen atoms in total. The maximum absolute atomic E-state index is 14.1. The average molecular weight is 379 g/mol. The molecule has 0 aromatic rings. The summed E-state index contributed by atoms with van der Waals surface area (Å²) in [6, 6.07) is 0. The van der Waals surface area contributed by atoms with E-state index in [1.807, 2.05) is 0 Å². The lowest BCUT2D eigenvalue weighted by Crippen LogP contribution is -2.54. The maximum atomic E-state index is 14.1. The van der Waals surface area contributed by atoms with Gasteiger partial charge in [-0.3, -0.25) is 4.79 Å². The third-order valence-corrected chi connectivity index (χ3v) is 10.2. The molecule has 154 valence electrons. The average Bonchev–Trinajstić information content (AvgIpc) is 2.97. The van der Waals surface area contributed by atoms with Crippen molar-refractivity contribution in [1.82, 2.24) is 0 Å². The van der Waals surface area contributed by atoms with Crippen molar-refractivity contribution < 1.29 is 14.3 Å². The van der Waals surface area contributed by atoms with E-state index in [-0.39, 0.29) is 0 Å². The molecule has 4 saturated carbocycles. The molecule has 3 heteroatoms. The molecule has 0 heterocycles. The van der Waals surface area contributed by atoms with E-state index < -0.39 is 12.1 Å². The zero-order chi connectivity index (χ0) is 19.4. The Bertz CT molecular complexity index is 577. The molecule has 0 aromatic heterocycles. The number of aliphatic carboxylic acids is 1. The Morgan fingerprint density at radius 2 is 1.74 bits per heavy atom. The van der Waals surface area contributed by atoms with Crippen molar-refractivity contribution in [3.05, 3.63) is 0 Å². The maximum Gasteiger partial charge on any atom is 0.303 e. The molecule has 4 rings (SSSR count). The number of hydrogen-bond donors (Lipinski definition) is 1. The van der Waals surface area contributed by atoms with Crippen LogP contribution in [0.2, 0.25) is 0 Å². The molecule has 0 saturated heterocycles. The standard InChI is InChI=1S/C24H39FO2/c1-15(4-9-22(26)27)19-7-8-20-18-6-5-16-14-17(25)10-12-23(16,2)21(18)11-13-24(19,20)3/h15-21H,4-14H2,1-3H3,(H,26,27). The van der Waals surface area contributed by atoms with Crippen LogP contribution in [0.1, 0.15) is 91.4 Å². The number of carboxylic acids is 1. The SMILES string of the molecule is CC(CCC(=O)O)C1CCC2C3CCC4CC(F)CCC4(C)C3CCC12C. The highest BCUT2D eigenvalue weighted by atomic mass is 19.1. The molecular formula is C24H39FO2. The molecule has 1 N–H and O–H groups in total. The first-order chi connectivity index (χ1) is 12.8. The second-order valence-corrected chi connectivity index (χ2v) is 11.2. The third-order valence-electron chi connectivity index (χ3n) is 10.2. The van der Waals surface area contributed by atoms with Crippen LogP contribution in [0, 0.1) is 46.3 Å². The van der Waals surface area contributed by atoms with Gasteiger partial charge in [-0.15, -0.1) is 0 Å². The fourth-order valence-electron chi connectivity index (χ4n) is 8.73. The van der Waals surface area contributed by atoms with Crippen LogP contribution >= 0.6 is 0 Å². The Balaban J connectivity index is 1.51. The highest BCUT2D eigenvalue weighted by Gasteiger charge is 2.60. The first-order valence-corrected chi connectivity index (χ1v) is 11.6. The quantitative estimate of drug-likeness (QED) is 0.607. The fraction of sp³-hybridized carbons (Fsp3) is 0.958. The van der Waals surface area contributed by atoms with Gasteiger partial charge in [-0.05, 0) is 111 Å². The van der Waals surface area contributed by atoms with Gasteiger partial charge in [-0.25, -0.2) is 4.39 Å². The summed E-state index contributed by atoms with van der Waals surface area (Å²) in [5, 5.41) is 9.09. The van der Waals surface area contributed by atoms with Crippen LogP contribution in [-0.2, 0) is 4.79 Å². The molecule has 0 spiro atoms. The predicted molar refractivity (Wildman–Crippen MR) is 106 cm³/mol. The molecule has 9 unspecified atom stereocenters. The summed E-state index contributed by atoms with van der Waals surface area (Å²) in [6.07, 6.45) is 11.1. The highest BCUT2D eigenvalue weighted by Crippen LogP contribution is 2.68. The van der Waals surface area contributed by atoms with Crippen molar-refractivity contribution in [2.75, 3.05) is 0 Å². The molecular weight excluding hydrogens is 339 g/mol. The Kier molecular flexibility index (Phi) is 5.13. The number of hydrogen-bond acceptors (Lipinski definition) is 1. The molecule has 0 radical (unpaired) electrons. The summed E-state index contributed by atoms with van der Waals surface area (Å²) in [5.74, 6) is 3.61. The Morgan fingerprint density at radius 3 is 2.48 bits per heavy atom. The van der Waals surface area contributed by atoms with Gasteiger partial charge in [0, 0.05) is 6.42 Å². The smallest absolute Gasteiger partial charge is 0.303 e. The second-order valence-electron chi connectivity index (χ2n) is 11.2. The van der Waals surface area contributed by atoms with E-state index in [1.165, 1.54) is 38.5 Å². The summed E-state index contributed by atoms with van der Waals surface area (Å²) in [6.45, 7) is 7.34. The summed E-state index contributed by atoms with van der Waals surface area (Å²) in [7, 11) is 0. The molecule has 4 aliphatic rings. The van der Waals surface area contributed by atoms with Crippen LogP contribution in [0.15, 0.2) is 0 Å². The lowest BCUT2D eigenvalue weighted by atomic mass is 9.44. The Hall–Kier alpha value is -0.600. The van der Waals surface area contributed by atoms with E-state index in [0.29, 0.717) is 35.0 Å². The summed E-state index contributed by atoms with van der Waals surface area (Å²) >= 11 is 0. The molecule has 4 fully saturated rings. The van der Waals surface area contributed by atoms with Gasteiger partial charge in [0.05, 0.1) is 0 Å². The Labute approximate surface area is 164 Å². The van der Waals surface area contributed by atoms with Crippen molar-refractivity contribution in [3.8, 4) is 0 Å². The number of fused-ring (bicyclic) bond motifs is 5. The molecule has 0 amide bonds. The van der Waals surface area contributed by atoms with Gasteiger partial charge in [-0.1, -0.05) is 20.8 Å². The molecule has 0 aliphatic heterocycles. The first kappa shape index (κ1) is 19.7. The van der Waals surface area contributed by atoms with E-state index in [1.54, 1.807) is 0 Å². The minimum absolute atomic E-state index is 0.314. The topological polar surface area (TPSA) is 37.3 Å². The van der Waals surface area contributed by atoms with Gasteiger partial charge in [-0.2, -0.15) is 0 Å². The van der Waals surface area contributed by atoms with Gasteiger partial charge in [0.15, 0.2) is 0 Å². The van der Waals surface area contributed by atoms with Crippen LogP contribution in [0.5, 0.6) is 0 Å². The Morgan fingerprint density at radius 1 is 1.04 bits per heavy atom. The normalized spacial score (nSPS) is 50.4. The second kappa shape index (κ2) is 7.02. The van der Waals surface area contributed by atoms with Crippen molar-refractivity contribution in [3.63, 3.8) is 0 Å². The number of carboxylic acid groups (broad SMARTS) is 1. The zero-order valence-corrected chi connectivity index (χ0v) is 17.6. The molecule has 9 atom stereocenters. The van der Waals surface area contributed by atoms with E-state index in [0.717, 1.165) is 43.4 Å². The van der Waals surface area contributed by atoms with Crippen LogP contribution in [-0.4, -0.2) is 17.2 Å². The van der Waals surface area contributed by atoms with Crippen LogP contribution in [0.3, 0.4) is 0 Å². The van der Waals surface area contributed by atoms with E-state index in [2.05, 4.69) is 20.8 Å². The van der Waals surface area contributed by atoms with Crippen molar-refractivity contribution >= 4 is 5.97 Å². The number of halogens is 1. The van der Waals surface area contributed by atoms with Gasteiger partial charge >= 0.3 is 5.97 Å². The van der Waals surface area contributed by atoms with Crippen LogP contribution in [0.25, 0.3) is 0 Å². The molecule has 27 heavy (non-hydrogen) atoms. The molecule has 0 bridgehead atoms. The van der Waals surface area contributed by atoms with Gasteiger partial charge in [0.1, 0.15) is 6.17 Å². The van der Waals surface area contributed by atoms with Crippen molar-refractivity contribution in [2.24, 2.45) is 46.3 Å². The van der Waals surface area contributed by atoms with Gasteiger partial charge in [0.2, 0.25) is 0 Å². The summed E-state index contributed by atoms with van der Waals surface area (Å²) < 4.78 is 14.1. The lowest BCUT2D eigenvalue weighted by molar-refractivity contribution is -0.138. The van der Waals surface area contributed by atoms with Crippen molar-refractivity contribution in [1.29, 1.82) is 0 Å². The number of carbonyl (C=O) groups is 1. The minimum atomic E-state index is -0.653. The molecule has 0 aromatic carbocycles. The van der Waals surface area contributed by atoms with Crippen LogP contribution in [0.4, 0.5) is 4.39 Å². The van der Waals surface area contributed by atoms with Gasteiger partial charge < -0.3 is 5.11 Å². The van der Waals surface area contributed by atoms with Crippen LogP contribution < -0.4 is 0 Å². The van der Waals surface area contributed by atoms with E-state index in [9.17, 15) is 9.18 Å². The first-order valence-electron chi connectivity index (χ1n) is 11.6. The largest absolute Gasteiger partial charge is 0.481 e. The fourth-order valence-corrected chi connectivity index (χ4v) is 8.73. The lowest BCUT2D eigenvalue weighted by Gasteiger charge is -2.61. The van der Waals surface area contributed by atoms with E-state index in [4.69, 9.17) is 5.11 Å². The van der Waals surface area contributed by atoms with E-state index >= 15 is 0 Å². The summed E-state index contributed by atoms with van der Waals surface area (Å²) in [5.41, 5.74) is 0.777. The number of alkyl halides is 1. The minimum Gasteiger partial charge on any atom is -0.481 e. The monoisotopic (exact) mass is 378 g/mol. The van der Waals surface area contributed by atoms with Gasteiger partial charge in [0.25, 0.3) is 0 Å².